The van der Waals surface area contributed by atoms with Gasteiger partial charge in [-0.2, -0.15) is 0 Å². The summed E-state index contributed by atoms with van der Waals surface area (Å²) in [6.45, 7) is 3.44. The van der Waals surface area contributed by atoms with Gasteiger partial charge in [-0.3, -0.25) is 9.79 Å². The van der Waals surface area contributed by atoms with Crippen LogP contribution in [0.25, 0.3) is 0 Å². The molecular weight excluding hydrogens is 252 g/mol. The molecule has 1 heterocycles. The molecule has 3 rings (SSSR count). The van der Waals surface area contributed by atoms with Crippen molar-refractivity contribution < 1.29 is 9.90 Å². The van der Waals surface area contributed by atoms with Gasteiger partial charge in [-0.25, -0.2) is 0 Å². The van der Waals surface area contributed by atoms with E-state index in [1.165, 1.54) is 5.56 Å². The summed E-state index contributed by atoms with van der Waals surface area (Å²) >= 11 is 0. The number of Topliss-reactive ketones (excluding diaryl/α,β-unsaturated/α-hetero) is 1. The van der Waals surface area contributed by atoms with Gasteiger partial charge in [0.05, 0.1) is 12.1 Å². The molecule has 0 aromatic heterocycles. The fourth-order valence-electron chi connectivity index (χ4n) is 2.89. The van der Waals surface area contributed by atoms with Crippen LogP contribution in [0.15, 0.2) is 40.6 Å². The number of aliphatic hydroxyl groups excluding tert-OH is 1. The van der Waals surface area contributed by atoms with Crippen LogP contribution < -0.4 is 5.32 Å². The molecule has 1 unspecified atom stereocenters. The number of amidine groups is 1. The van der Waals surface area contributed by atoms with Crippen LogP contribution in [0.4, 0.5) is 0 Å². The number of benzene rings is 1. The topological polar surface area (TPSA) is 61.7 Å². The minimum absolute atomic E-state index is 0.0200. The molecule has 0 saturated carbocycles. The molecule has 1 aromatic carbocycles. The highest BCUT2D eigenvalue weighted by molar-refractivity contribution is 6.22. The van der Waals surface area contributed by atoms with Gasteiger partial charge in [-0.15, -0.1) is 0 Å². The van der Waals surface area contributed by atoms with Crippen LogP contribution in [0, 0.1) is 6.92 Å². The normalized spacial score (nSPS) is 22.8. The van der Waals surface area contributed by atoms with Crippen molar-refractivity contribution in [1.82, 2.24) is 5.32 Å². The summed E-state index contributed by atoms with van der Waals surface area (Å²) < 4.78 is 0. The van der Waals surface area contributed by atoms with E-state index >= 15 is 0 Å². The van der Waals surface area contributed by atoms with Crippen LogP contribution in [0.2, 0.25) is 0 Å². The molecule has 104 valence electrons. The number of carbonyl (C=O) groups excluding carboxylic acids is 1. The number of rotatable bonds is 2. The third-order valence-corrected chi connectivity index (χ3v) is 3.86. The Morgan fingerprint density at radius 2 is 2.20 bits per heavy atom. The van der Waals surface area contributed by atoms with Crippen molar-refractivity contribution in [2.45, 2.75) is 25.7 Å². The highest BCUT2D eigenvalue weighted by Crippen LogP contribution is 2.34. The lowest BCUT2D eigenvalue weighted by Gasteiger charge is -2.24. The smallest absolute Gasteiger partial charge is 0.170 e. The number of aliphatic imine (C=N–C) groups is 1. The number of allylic oxidation sites excluding steroid dienone is 1. The van der Waals surface area contributed by atoms with Crippen LogP contribution in [-0.2, 0) is 4.79 Å². The van der Waals surface area contributed by atoms with E-state index in [9.17, 15) is 9.90 Å². The number of aliphatic hydroxyl groups is 1. The van der Waals surface area contributed by atoms with Crippen molar-refractivity contribution in [1.29, 1.82) is 0 Å². The van der Waals surface area contributed by atoms with Crippen molar-refractivity contribution in [3.8, 4) is 0 Å². The van der Waals surface area contributed by atoms with E-state index in [4.69, 9.17) is 0 Å². The molecule has 4 heteroatoms. The van der Waals surface area contributed by atoms with E-state index in [1.807, 2.05) is 25.1 Å². The maximum Gasteiger partial charge on any atom is 0.170 e. The first kappa shape index (κ1) is 12.9. The van der Waals surface area contributed by atoms with E-state index in [0.717, 1.165) is 12.1 Å². The van der Waals surface area contributed by atoms with Crippen molar-refractivity contribution >= 4 is 11.6 Å². The maximum atomic E-state index is 12.3. The van der Waals surface area contributed by atoms with E-state index < -0.39 is 0 Å². The summed E-state index contributed by atoms with van der Waals surface area (Å²) in [7, 11) is 0. The van der Waals surface area contributed by atoms with Crippen molar-refractivity contribution in [2.75, 3.05) is 13.1 Å². The van der Waals surface area contributed by atoms with Crippen LogP contribution in [0.3, 0.4) is 0 Å². The second-order valence-corrected chi connectivity index (χ2v) is 5.42. The van der Waals surface area contributed by atoms with Crippen molar-refractivity contribution in [3.05, 3.63) is 46.7 Å². The van der Waals surface area contributed by atoms with E-state index in [0.29, 0.717) is 30.8 Å². The molecule has 1 atom stereocenters. The molecule has 0 spiro atoms. The Labute approximate surface area is 118 Å². The Kier molecular flexibility index (Phi) is 3.30. The summed E-state index contributed by atoms with van der Waals surface area (Å²) in [6.07, 6.45) is 0.939. The van der Waals surface area contributed by atoms with Gasteiger partial charge in [0, 0.05) is 19.4 Å². The number of hydrogen-bond acceptors (Lipinski definition) is 4. The second-order valence-electron chi connectivity index (χ2n) is 5.42. The molecule has 0 fully saturated rings. The van der Waals surface area contributed by atoms with Gasteiger partial charge < -0.3 is 10.4 Å². The summed E-state index contributed by atoms with van der Waals surface area (Å²) in [6, 6.07) is 8.14. The average molecular weight is 270 g/mol. The highest BCUT2D eigenvalue weighted by Gasteiger charge is 2.32. The van der Waals surface area contributed by atoms with Crippen molar-refractivity contribution in [2.24, 2.45) is 4.99 Å². The molecule has 20 heavy (non-hydrogen) atoms. The van der Waals surface area contributed by atoms with Crippen LogP contribution in [0.5, 0.6) is 0 Å². The molecule has 1 aliphatic heterocycles. The number of ketones is 1. The Morgan fingerprint density at radius 1 is 1.35 bits per heavy atom. The quantitative estimate of drug-likeness (QED) is 0.866. The monoisotopic (exact) mass is 270 g/mol. The van der Waals surface area contributed by atoms with Crippen LogP contribution >= 0.6 is 0 Å². The highest BCUT2D eigenvalue weighted by atomic mass is 16.3. The van der Waals surface area contributed by atoms with Crippen LogP contribution in [-0.4, -0.2) is 29.8 Å². The van der Waals surface area contributed by atoms with Gasteiger partial charge >= 0.3 is 0 Å². The molecule has 0 bridgehead atoms. The standard InChI is InChI=1S/C16H18N2O2/c1-10-3-2-4-11(7-10)12-8-13(19)15(14(20)9-12)16-17-5-6-18-16/h2-4,7,12,19H,5-6,8-9H2,1H3,(H,17,18). The minimum atomic E-state index is -0.0200. The van der Waals surface area contributed by atoms with Crippen molar-refractivity contribution in [3.63, 3.8) is 0 Å². The first-order chi connectivity index (χ1) is 9.65. The SMILES string of the molecule is Cc1cccc(C2CC(=O)C(C3=NCCN3)=C(O)C2)c1. The Hall–Kier alpha value is -2.10. The largest absolute Gasteiger partial charge is 0.511 e. The Balaban J connectivity index is 1.89. The molecule has 1 aliphatic carbocycles. The zero-order valence-electron chi connectivity index (χ0n) is 11.5. The lowest BCUT2D eigenvalue weighted by molar-refractivity contribution is -0.116. The van der Waals surface area contributed by atoms with E-state index in [1.54, 1.807) is 0 Å². The number of nitrogens with zero attached hydrogens (tertiary/aromatic N) is 1. The summed E-state index contributed by atoms with van der Waals surface area (Å²) in [5.41, 5.74) is 2.68. The lowest BCUT2D eigenvalue weighted by Crippen LogP contribution is -2.30. The van der Waals surface area contributed by atoms with E-state index in [2.05, 4.69) is 16.4 Å². The minimum Gasteiger partial charge on any atom is -0.511 e. The second kappa shape index (κ2) is 5.12. The maximum absolute atomic E-state index is 12.3. The fraction of sp³-hybridized carbons (Fsp3) is 0.375. The van der Waals surface area contributed by atoms with Gasteiger partial charge in [-0.05, 0) is 18.4 Å². The summed E-state index contributed by atoms with van der Waals surface area (Å²) in [5.74, 6) is 0.776. The predicted molar refractivity (Wildman–Crippen MR) is 78.1 cm³/mol. The molecule has 0 saturated heterocycles. The van der Waals surface area contributed by atoms with Gasteiger partial charge in [0.1, 0.15) is 11.6 Å². The zero-order chi connectivity index (χ0) is 14.1. The van der Waals surface area contributed by atoms with Gasteiger partial charge in [0.25, 0.3) is 0 Å². The van der Waals surface area contributed by atoms with Gasteiger partial charge in [0.15, 0.2) is 5.78 Å². The number of hydrogen-bond donors (Lipinski definition) is 2. The Bertz CT molecular complexity index is 617. The number of nitrogens with one attached hydrogen (secondary N) is 1. The molecule has 1 aromatic rings. The zero-order valence-corrected chi connectivity index (χ0v) is 11.5. The van der Waals surface area contributed by atoms with Gasteiger partial charge in [0.2, 0.25) is 0 Å². The molecule has 0 radical (unpaired) electrons. The third-order valence-electron chi connectivity index (χ3n) is 3.86. The van der Waals surface area contributed by atoms with E-state index in [-0.39, 0.29) is 17.5 Å². The molecule has 2 aliphatic rings. The fourth-order valence-corrected chi connectivity index (χ4v) is 2.89. The number of aryl methyl sites for hydroxylation is 1. The van der Waals surface area contributed by atoms with Gasteiger partial charge in [-0.1, -0.05) is 29.8 Å². The first-order valence-corrected chi connectivity index (χ1v) is 6.95. The summed E-state index contributed by atoms with van der Waals surface area (Å²) in [5, 5.41) is 13.3. The van der Waals surface area contributed by atoms with Crippen LogP contribution in [0.1, 0.15) is 29.9 Å². The summed E-state index contributed by atoms with van der Waals surface area (Å²) in [4.78, 5) is 16.6. The molecule has 2 N–H and O–H groups in total. The first-order valence-electron chi connectivity index (χ1n) is 6.95. The average Bonchev–Trinajstić information content (AvgIpc) is 2.91. The molecular formula is C16H18N2O2. The molecule has 0 amide bonds. The third kappa shape index (κ3) is 2.33. The Morgan fingerprint density at radius 3 is 2.85 bits per heavy atom. The predicted octanol–water partition coefficient (Wildman–Crippen LogP) is 2.26. The molecule has 4 nitrogen and oxygen atoms in total. The number of carbonyl (C=O) groups is 1. The lowest BCUT2D eigenvalue weighted by atomic mass is 9.82.